The van der Waals surface area contributed by atoms with Crippen LogP contribution < -0.4 is 5.73 Å². The summed E-state index contributed by atoms with van der Waals surface area (Å²) in [6.07, 6.45) is 5.22. The van der Waals surface area contributed by atoms with E-state index in [0.29, 0.717) is 39.6 Å². The Bertz CT molecular complexity index is 200. The Labute approximate surface area is 89.9 Å². The first-order valence-corrected chi connectivity index (χ1v) is 4.72. The standard InChI is InChI=1S/C10H17NO4/c1-2-4-13-6-8-15-9-7-14-5-3-10(11)12/h1H,3-9H2,(H2,11,12). The Balaban J connectivity index is 2.93. The topological polar surface area (TPSA) is 70.8 Å². The van der Waals surface area contributed by atoms with Crippen LogP contribution in [0.3, 0.4) is 0 Å². The predicted octanol–water partition coefficient (Wildman–Crippen LogP) is -0.455. The number of primary amides is 1. The number of ether oxygens (including phenoxy) is 3. The van der Waals surface area contributed by atoms with Gasteiger partial charge in [0.1, 0.15) is 6.61 Å². The van der Waals surface area contributed by atoms with Crippen molar-refractivity contribution >= 4 is 5.91 Å². The molecule has 5 heteroatoms. The van der Waals surface area contributed by atoms with Gasteiger partial charge in [-0.15, -0.1) is 6.42 Å². The number of rotatable bonds is 10. The van der Waals surface area contributed by atoms with E-state index < -0.39 is 0 Å². The lowest BCUT2D eigenvalue weighted by molar-refractivity contribution is -0.119. The Morgan fingerprint density at radius 2 is 1.60 bits per heavy atom. The van der Waals surface area contributed by atoms with Crippen molar-refractivity contribution in [1.29, 1.82) is 0 Å². The number of carbonyl (C=O) groups is 1. The molecule has 15 heavy (non-hydrogen) atoms. The number of hydrogen-bond acceptors (Lipinski definition) is 4. The minimum absolute atomic E-state index is 0.241. The fraction of sp³-hybridized carbons (Fsp3) is 0.700. The van der Waals surface area contributed by atoms with Crippen molar-refractivity contribution in [3.8, 4) is 12.3 Å². The smallest absolute Gasteiger partial charge is 0.219 e. The summed E-state index contributed by atoms with van der Waals surface area (Å²) < 4.78 is 15.2. The molecule has 0 fully saturated rings. The van der Waals surface area contributed by atoms with Gasteiger partial charge in [-0.2, -0.15) is 0 Å². The molecule has 0 aromatic rings. The lowest BCUT2D eigenvalue weighted by Crippen LogP contribution is -2.15. The third-order valence-corrected chi connectivity index (χ3v) is 1.42. The van der Waals surface area contributed by atoms with E-state index in [1.807, 2.05) is 0 Å². The van der Waals surface area contributed by atoms with Crippen molar-refractivity contribution in [3.63, 3.8) is 0 Å². The van der Waals surface area contributed by atoms with Gasteiger partial charge in [-0.3, -0.25) is 4.79 Å². The van der Waals surface area contributed by atoms with Gasteiger partial charge in [0.25, 0.3) is 0 Å². The van der Waals surface area contributed by atoms with Gasteiger partial charge >= 0.3 is 0 Å². The summed E-state index contributed by atoms with van der Waals surface area (Å²) in [5.74, 6) is 1.99. The summed E-state index contributed by atoms with van der Waals surface area (Å²) in [5, 5.41) is 0. The first-order chi connectivity index (χ1) is 7.27. The summed E-state index contributed by atoms with van der Waals surface area (Å²) >= 11 is 0. The molecule has 0 aromatic heterocycles. The molecule has 0 aliphatic rings. The molecule has 0 saturated heterocycles. The lowest BCUT2D eigenvalue weighted by atomic mass is 10.4. The van der Waals surface area contributed by atoms with Gasteiger partial charge in [-0.25, -0.2) is 0 Å². The molecule has 0 rings (SSSR count). The van der Waals surface area contributed by atoms with Crippen LogP contribution in [-0.2, 0) is 19.0 Å². The molecule has 0 aromatic carbocycles. The maximum atomic E-state index is 10.3. The highest BCUT2D eigenvalue weighted by molar-refractivity contribution is 5.73. The molecule has 0 bridgehead atoms. The molecule has 0 radical (unpaired) electrons. The van der Waals surface area contributed by atoms with E-state index in [2.05, 4.69) is 5.92 Å². The van der Waals surface area contributed by atoms with Crippen LogP contribution in [0.15, 0.2) is 0 Å². The molecule has 0 heterocycles. The Morgan fingerprint density at radius 3 is 2.13 bits per heavy atom. The molecule has 0 saturated carbocycles. The minimum atomic E-state index is -0.362. The maximum Gasteiger partial charge on any atom is 0.219 e. The van der Waals surface area contributed by atoms with E-state index in [4.69, 9.17) is 26.4 Å². The second kappa shape index (κ2) is 11.0. The first-order valence-electron chi connectivity index (χ1n) is 4.72. The quantitative estimate of drug-likeness (QED) is 0.395. The highest BCUT2D eigenvalue weighted by atomic mass is 16.5. The average Bonchev–Trinajstić information content (AvgIpc) is 2.20. The van der Waals surface area contributed by atoms with Crippen LogP contribution in [-0.4, -0.2) is 45.5 Å². The molecule has 1 amide bonds. The lowest BCUT2D eigenvalue weighted by Gasteiger charge is -2.04. The second-order valence-corrected chi connectivity index (χ2v) is 2.70. The average molecular weight is 215 g/mol. The van der Waals surface area contributed by atoms with Gasteiger partial charge in [-0.05, 0) is 0 Å². The number of hydrogen-bond donors (Lipinski definition) is 1. The van der Waals surface area contributed by atoms with Crippen molar-refractivity contribution in [2.45, 2.75) is 6.42 Å². The van der Waals surface area contributed by atoms with E-state index in [0.717, 1.165) is 0 Å². The zero-order valence-electron chi connectivity index (χ0n) is 8.74. The van der Waals surface area contributed by atoms with Gasteiger partial charge in [-0.1, -0.05) is 5.92 Å². The van der Waals surface area contributed by atoms with Crippen LogP contribution in [0.2, 0.25) is 0 Å². The van der Waals surface area contributed by atoms with E-state index in [1.165, 1.54) is 0 Å². The number of amides is 1. The molecule has 0 unspecified atom stereocenters. The van der Waals surface area contributed by atoms with E-state index in [1.54, 1.807) is 0 Å². The van der Waals surface area contributed by atoms with E-state index in [-0.39, 0.29) is 12.3 Å². The number of terminal acetylenes is 1. The van der Waals surface area contributed by atoms with Crippen molar-refractivity contribution in [2.24, 2.45) is 5.73 Å². The zero-order chi connectivity index (χ0) is 11.4. The van der Waals surface area contributed by atoms with Gasteiger partial charge in [0.2, 0.25) is 5.91 Å². The van der Waals surface area contributed by atoms with Gasteiger partial charge in [0, 0.05) is 6.42 Å². The van der Waals surface area contributed by atoms with Gasteiger partial charge < -0.3 is 19.9 Å². The van der Waals surface area contributed by atoms with Crippen LogP contribution in [0.25, 0.3) is 0 Å². The molecule has 0 spiro atoms. The molecule has 2 N–H and O–H groups in total. The molecular weight excluding hydrogens is 198 g/mol. The molecule has 86 valence electrons. The summed E-state index contributed by atoms with van der Waals surface area (Å²) in [5.41, 5.74) is 4.92. The summed E-state index contributed by atoms with van der Waals surface area (Å²) in [4.78, 5) is 10.3. The summed E-state index contributed by atoms with van der Waals surface area (Å²) in [6, 6.07) is 0. The monoisotopic (exact) mass is 215 g/mol. The van der Waals surface area contributed by atoms with Crippen LogP contribution in [0.5, 0.6) is 0 Å². The van der Waals surface area contributed by atoms with Gasteiger partial charge in [0.15, 0.2) is 0 Å². The molecule has 0 atom stereocenters. The Kier molecular flexibility index (Phi) is 10.2. The number of nitrogens with two attached hydrogens (primary N) is 1. The molecule has 0 aliphatic heterocycles. The predicted molar refractivity (Wildman–Crippen MR) is 55.1 cm³/mol. The van der Waals surface area contributed by atoms with E-state index >= 15 is 0 Å². The van der Waals surface area contributed by atoms with Crippen molar-refractivity contribution in [3.05, 3.63) is 0 Å². The third kappa shape index (κ3) is 12.9. The second-order valence-electron chi connectivity index (χ2n) is 2.70. The SMILES string of the molecule is C#CCOCCOCCOCCC(N)=O. The van der Waals surface area contributed by atoms with Gasteiger partial charge in [0.05, 0.1) is 33.0 Å². The highest BCUT2D eigenvalue weighted by Gasteiger charge is 1.94. The maximum absolute atomic E-state index is 10.3. The Morgan fingerprint density at radius 1 is 1.07 bits per heavy atom. The summed E-state index contributed by atoms with van der Waals surface area (Å²) in [7, 11) is 0. The zero-order valence-corrected chi connectivity index (χ0v) is 8.74. The molecule has 0 aliphatic carbocycles. The normalized spacial score (nSPS) is 9.80. The van der Waals surface area contributed by atoms with Crippen molar-refractivity contribution in [2.75, 3.05) is 39.6 Å². The minimum Gasteiger partial charge on any atom is -0.379 e. The fourth-order valence-corrected chi connectivity index (χ4v) is 0.744. The van der Waals surface area contributed by atoms with Crippen LogP contribution in [0, 0.1) is 12.3 Å². The van der Waals surface area contributed by atoms with Crippen LogP contribution in [0.1, 0.15) is 6.42 Å². The van der Waals surface area contributed by atoms with Crippen LogP contribution in [0.4, 0.5) is 0 Å². The third-order valence-electron chi connectivity index (χ3n) is 1.42. The largest absolute Gasteiger partial charge is 0.379 e. The fourth-order valence-electron chi connectivity index (χ4n) is 0.744. The first kappa shape index (κ1) is 13.9. The van der Waals surface area contributed by atoms with E-state index in [9.17, 15) is 4.79 Å². The van der Waals surface area contributed by atoms with Crippen LogP contribution >= 0.6 is 0 Å². The Hall–Kier alpha value is -1.09. The van der Waals surface area contributed by atoms with Crippen molar-refractivity contribution < 1.29 is 19.0 Å². The van der Waals surface area contributed by atoms with Crippen molar-refractivity contribution in [1.82, 2.24) is 0 Å². The molecule has 5 nitrogen and oxygen atoms in total. The molecular formula is C10H17NO4. The number of carbonyl (C=O) groups excluding carboxylic acids is 1. The summed E-state index contributed by atoms with van der Waals surface area (Å²) in [6.45, 7) is 2.53. The highest BCUT2D eigenvalue weighted by Crippen LogP contribution is 1.83.